The molecule has 0 aliphatic carbocycles. The zero-order chi connectivity index (χ0) is 25.2. The highest BCUT2D eigenvalue weighted by atomic mass is 19.2. The highest BCUT2D eigenvalue weighted by Crippen LogP contribution is 2.36. The molecule has 0 amide bonds. The molecule has 1 aliphatic rings. The van der Waals surface area contributed by atoms with Gasteiger partial charge in [0.25, 0.3) is 0 Å². The van der Waals surface area contributed by atoms with Gasteiger partial charge in [0.2, 0.25) is 0 Å². The Morgan fingerprint density at radius 2 is 1.14 bits per heavy atom. The maximum absolute atomic E-state index is 14.9. The molecule has 184 valence electrons. The van der Waals surface area contributed by atoms with Crippen LogP contribution in [0.3, 0.4) is 0 Å². The summed E-state index contributed by atoms with van der Waals surface area (Å²) in [5, 5.41) is 0. The van der Waals surface area contributed by atoms with Crippen LogP contribution in [-0.2, 0) is 24.0 Å². The Labute approximate surface area is 208 Å². The minimum atomic E-state index is -0.895. The van der Waals surface area contributed by atoms with Crippen LogP contribution in [0.2, 0.25) is 0 Å². The fourth-order valence-electron chi connectivity index (χ4n) is 4.54. The van der Waals surface area contributed by atoms with Gasteiger partial charge in [-0.15, -0.1) is 0 Å². The van der Waals surface area contributed by atoms with Gasteiger partial charge >= 0.3 is 0 Å². The predicted octanol–water partition coefficient (Wildman–Crippen LogP) is 8.39. The fourth-order valence-corrected chi connectivity index (χ4v) is 4.54. The summed E-state index contributed by atoms with van der Waals surface area (Å²) in [6, 6.07) is 20.9. The van der Waals surface area contributed by atoms with Crippen LogP contribution >= 0.6 is 0 Å². The third-order valence-corrected chi connectivity index (χ3v) is 6.71. The Hall–Kier alpha value is -3.44. The van der Waals surface area contributed by atoms with E-state index in [0.29, 0.717) is 36.1 Å². The van der Waals surface area contributed by atoms with Crippen LogP contribution < -0.4 is 0 Å². The molecule has 0 aromatic heterocycles. The van der Waals surface area contributed by atoms with Gasteiger partial charge in [-0.1, -0.05) is 86.1 Å². The van der Waals surface area contributed by atoms with Crippen LogP contribution in [0.25, 0.3) is 22.3 Å². The Kier molecular flexibility index (Phi) is 6.92. The average Bonchev–Trinajstić information content (AvgIpc) is 3.73. The van der Waals surface area contributed by atoms with E-state index in [0.717, 1.165) is 18.4 Å². The van der Waals surface area contributed by atoms with E-state index in [9.17, 15) is 17.6 Å². The van der Waals surface area contributed by atoms with E-state index in [1.165, 1.54) is 5.56 Å². The molecule has 0 radical (unpaired) electrons. The number of benzene rings is 4. The van der Waals surface area contributed by atoms with Gasteiger partial charge in [-0.05, 0) is 47.1 Å². The first kappa shape index (κ1) is 24.3. The number of halogens is 4. The molecule has 1 atom stereocenters. The van der Waals surface area contributed by atoms with Crippen molar-refractivity contribution in [2.45, 2.75) is 38.7 Å². The Bertz CT molecular complexity index is 1370. The van der Waals surface area contributed by atoms with Gasteiger partial charge in [-0.25, -0.2) is 17.6 Å². The Morgan fingerprint density at radius 1 is 0.611 bits per heavy atom. The molecule has 0 bridgehead atoms. The van der Waals surface area contributed by atoms with E-state index >= 15 is 0 Å². The maximum atomic E-state index is 14.9. The number of ether oxygens (including phenoxy) is 1. The monoisotopic (exact) mass is 490 g/mol. The third kappa shape index (κ3) is 4.93. The van der Waals surface area contributed by atoms with Gasteiger partial charge < -0.3 is 4.74 Å². The average molecular weight is 491 g/mol. The van der Waals surface area contributed by atoms with E-state index in [1.807, 2.05) is 24.3 Å². The van der Waals surface area contributed by atoms with E-state index in [2.05, 4.69) is 6.92 Å². The van der Waals surface area contributed by atoms with Gasteiger partial charge in [0.15, 0.2) is 23.3 Å². The predicted molar refractivity (Wildman–Crippen MR) is 134 cm³/mol. The molecule has 0 saturated carbocycles. The lowest BCUT2D eigenvalue weighted by Gasteiger charge is -2.11. The summed E-state index contributed by atoms with van der Waals surface area (Å²) in [6.07, 6.45) is 2.42. The van der Waals surface area contributed by atoms with Crippen molar-refractivity contribution >= 4 is 0 Å². The summed E-state index contributed by atoms with van der Waals surface area (Å²) < 4.78 is 63.7. The van der Waals surface area contributed by atoms with Gasteiger partial charge in [0, 0.05) is 16.7 Å². The van der Waals surface area contributed by atoms with Gasteiger partial charge in [-0.2, -0.15) is 0 Å². The van der Waals surface area contributed by atoms with Crippen molar-refractivity contribution in [1.82, 2.24) is 0 Å². The first-order valence-corrected chi connectivity index (χ1v) is 12.2. The molecule has 1 saturated heterocycles. The second kappa shape index (κ2) is 10.3. The first-order chi connectivity index (χ1) is 17.5. The lowest BCUT2D eigenvalue weighted by atomic mass is 9.96. The lowest BCUT2D eigenvalue weighted by Crippen LogP contribution is -2.00. The normalized spacial score (nSPS) is 14.8. The summed E-state index contributed by atoms with van der Waals surface area (Å²) in [5.74, 6) is -3.45. The quantitative estimate of drug-likeness (QED) is 0.178. The molecule has 1 unspecified atom stereocenters. The molecule has 1 fully saturated rings. The van der Waals surface area contributed by atoms with E-state index in [1.54, 1.807) is 48.5 Å². The van der Waals surface area contributed by atoms with Crippen LogP contribution in [0.4, 0.5) is 17.6 Å². The lowest BCUT2D eigenvalue weighted by molar-refractivity contribution is 0.401. The van der Waals surface area contributed by atoms with Crippen molar-refractivity contribution in [2.24, 2.45) is 0 Å². The topological polar surface area (TPSA) is 12.5 Å². The minimum Gasteiger partial charge on any atom is -0.368 e. The first-order valence-electron chi connectivity index (χ1n) is 12.2. The summed E-state index contributed by atoms with van der Waals surface area (Å²) in [6.45, 7) is 2.50. The maximum Gasteiger partial charge on any atom is 0.167 e. The SMILES string of the molecule is CCCc1ccc(-c2ccc(CCc3ccc(-c4ccc(C5CO5)c(F)c4F)cc3)c(F)c2F)cc1. The third-order valence-electron chi connectivity index (χ3n) is 6.71. The summed E-state index contributed by atoms with van der Waals surface area (Å²) >= 11 is 0. The summed E-state index contributed by atoms with van der Waals surface area (Å²) in [7, 11) is 0. The molecule has 36 heavy (non-hydrogen) atoms. The van der Waals surface area contributed by atoms with Crippen LogP contribution in [0.5, 0.6) is 0 Å². The highest BCUT2D eigenvalue weighted by molar-refractivity contribution is 5.66. The molecule has 5 heteroatoms. The number of hydrogen-bond donors (Lipinski definition) is 0. The number of aryl methyl sites for hydroxylation is 3. The van der Waals surface area contributed by atoms with Crippen molar-refractivity contribution in [3.63, 3.8) is 0 Å². The van der Waals surface area contributed by atoms with Crippen LogP contribution in [0, 0.1) is 23.3 Å². The minimum absolute atomic E-state index is 0.176. The zero-order valence-corrected chi connectivity index (χ0v) is 20.0. The Morgan fingerprint density at radius 3 is 1.69 bits per heavy atom. The largest absolute Gasteiger partial charge is 0.368 e. The number of rotatable bonds is 8. The fraction of sp³-hybridized carbons (Fsp3) is 0.226. The molecule has 1 heterocycles. The summed E-state index contributed by atoms with van der Waals surface area (Å²) in [4.78, 5) is 0. The van der Waals surface area contributed by atoms with E-state index in [-0.39, 0.29) is 22.8 Å². The van der Waals surface area contributed by atoms with Crippen molar-refractivity contribution < 1.29 is 22.3 Å². The molecular weight excluding hydrogens is 464 g/mol. The number of hydrogen-bond acceptors (Lipinski definition) is 1. The molecule has 1 aliphatic heterocycles. The molecule has 4 aromatic rings. The highest BCUT2D eigenvalue weighted by Gasteiger charge is 2.30. The van der Waals surface area contributed by atoms with E-state index < -0.39 is 23.3 Å². The van der Waals surface area contributed by atoms with Crippen LogP contribution in [0.15, 0.2) is 72.8 Å². The van der Waals surface area contributed by atoms with Gasteiger partial charge in [0.05, 0.1) is 6.61 Å². The molecule has 5 rings (SSSR count). The van der Waals surface area contributed by atoms with E-state index in [4.69, 9.17) is 4.74 Å². The smallest absolute Gasteiger partial charge is 0.167 e. The van der Waals surface area contributed by atoms with Crippen LogP contribution in [-0.4, -0.2) is 6.61 Å². The van der Waals surface area contributed by atoms with Crippen molar-refractivity contribution in [3.8, 4) is 22.3 Å². The second-order valence-electron chi connectivity index (χ2n) is 9.20. The van der Waals surface area contributed by atoms with Crippen molar-refractivity contribution in [3.05, 3.63) is 118 Å². The van der Waals surface area contributed by atoms with Gasteiger partial charge in [-0.3, -0.25) is 0 Å². The molecule has 1 nitrogen and oxygen atoms in total. The molecule has 0 N–H and O–H groups in total. The van der Waals surface area contributed by atoms with Crippen molar-refractivity contribution in [2.75, 3.05) is 6.61 Å². The van der Waals surface area contributed by atoms with Crippen LogP contribution in [0.1, 0.15) is 41.7 Å². The Balaban J connectivity index is 1.28. The molecular formula is C31H26F4O. The molecule has 0 spiro atoms. The number of epoxide rings is 1. The van der Waals surface area contributed by atoms with Gasteiger partial charge in [0.1, 0.15) is 6.10 Å². The summed E-state index contributed by atoms with van der Waals surface area (Å²) in [5.41, 5.74) is 4.21. The van der Waals surface area contributed by atoms with Crippen molar-refractivity contribution in [1.29, 1.82) is 0 Å². The second-order valence-corrected chi connectivity index (χ2v) is 9.20. The standard InChI is InChI=1S/C31H26F4O/c1-2-3-19-4-9-21(10-5-19)24-15-14-23(28(32)29(24)33)13-8-20-6-11-22(12-7-20)25-16-17-26(27-18-36-27)31(35)30(25)34/h4-7,9-12,14-17,27H,2-3,8,13,18H2,1H3. The molecule has 4 aromatic carbocycles. The zero-order valence-electron chi connectivity index (χ0n) is 20.0.